The highest BCUT2D eigenvalue weighted by Gasteiger charge is 2.10. The van der Waals surface area contributed by atoms with Crippen molar-refractivity contribution in [2.24, 2.45) is 0 Å². The zero-order chi connectivity index (χ0) is 11.4. The van der Waals surface area contributed by atoms with Crippen LogP contribution in [0.2, 0.25) is 5.02 Å². The van der Waals surface area contributed by atoms with Crippen LogP contribution in [0.5, 0.6) is 0 Å². The lowest BCUT2D eigenvalue weighted by Gasteiger charge is -2.11. The summed E-state index contributed by atoms with van der Waals surface area (Å²) in [5, 5.41) is 15.5. The first-order valence-electron chi connectivity index (χ1n) is 4.70. The molecule has 1 aromatic rings. The van der Waals surface area contributed by atoms with Crippen LogP contribution in [-0.2, 0) is 0 Å². The van der Waals surface area contributed by atoms with Gasteiger partial charge in [0.2, 0.25) is 0 Å². The second-order valence-corrected chi connectivity index (χ2v) is 3.74. The summed E-state index contributed by atoms with van der Waals surface area (Å²) in [6, 6.07) is -0.0260. The molecule has 0 fully saturated rings. The Morgan fingerprint density at radius 3 is 2.87 bits per heavy atom. The van der Waals surface area contributed by atoms with Gasteiger partial charge in [-0.25, -0.2) is 4.68 Å². The summed E-state index contributed by atoms with van der Waals surface area (Å²) >= 11 is 5.86. The highest BCUT2D eigenvalue weighted by molar-refractivity contribution is 6.32. The molecule has 0 radical (unpaired) electrons. The minimum atomic E-state index is -0.324. The summed E-state index contributed by atoms with van der Waals surface area (Å²) in [6.45, 7) is 4.02. The third-order valence-electron chi connectivity index (χ3n) is 1.86. The first-order valence-corrected chi connectivity index (χ1v) is 5.07. The summed E-state index contributed by atoms with van der Waals surface area (Å²) in [4.78, 5) is 11.7. The molecule has 0 saturated heterocycles. The number of anilines is 1. The maximum absolute atomic E-state index is 11.7. The molecule has 0 aromatic carbocycles. The van der Waals surface area contributed by atoms with Gasteiger partial charge in [0.15, 0.2) is 0 Å². The molecular weight excluding hydrogens is 218 g/mol. The van der Waals surface area contributed by atoms with Crippen molar-refractivity contribution in [3.8, 4) is 0 Å². The van der Waals surface area contributed by atoms with Crippen molar-refractivity contribution < 1.29 is 5.11 Å². The summed E-state index contributed by atoms with van der Waals surface area (Å²) < 4.78 is 1.31. The SMILES string of the molecule is CC(C)n1ncc(NCCO)c(Cl)c1=O. The number of hydrogen-bond donors (Lipinski definition) is 2. The van der Waals surface area contributed by atoms with E-state index in [1.807, 2.05) is 13.8 Å². The molecule has 0 aliphatic heterocycles. The molecule has 84 valence electrons. The highest BCUT2D eigenvalue weighted by Crippen LogP contribution is 2.15. The van der Waals surface area contributed by atoms with Gasteiger partial charge in [0.05, 0.1) is 24.5 Å². The first-order chi connectivity index (χ1) is 7.07. The second kappa shape index (κ2) is 5.14. The molecule has 0 unspecified atom stereocenters. The van der Waals surface area contributed by atoms with Gasteiger partial charge >= 0.3 is 0 Å². The Morgan fingerprint density at radius 1 is 1.67 bits per heavy atom. The number of aromatic nitrogens is 2. The highest BCUT2D eigenvalue weighted by atomic mass is 35.5. The average molecular weight is 232 g/mol. The fourth-order valence-corrected chi connectivity index (χ4v) is 1.33. The fourth-order valence-electron chi connectivity index (χ4n) is 1.13. The largest absolute Gasteiger partial charge is 0.395 e. The Hall–Kier alpha value is -1.07. The van der Waals surface area contributed by atoms with Gasteiger partial charge in [0, 0.05) is 6.54 Å². The number of nitrogens with one attached hydrogen (secondary N) is 1. The molecule has 2 N–H and O–H groups in total. The summed E-state index contributed by atoms with van der Waals surface area (Å²) in [6.07, 6.45) is 1.49. The molecule has 0 aliphatic rings. The van der Waals surface area contributed by atoms with Crippen molar-refractivity contribution in [2.45, 2.75) is 19.9 Å². The number of halogens is 1. The van der Waals surface area contributed by atoms with E-state index in [0.29, 0.717) is 12.2 Å². The molecule has 5 nitrogen and oxygen atoms in total. The van der Waals surface area contributed by atoms with Crippen molar-refractivity contribution in [2.75, 3.05) is 18.5 Å². The Labute approximate surface area is 92.7 Å². The Morgan fingerprint density at radius 2 is 2.33 bits per heavy atom. The van der Waals surface area contributed by atoms with Crippen LogP contribution in [0.3, 0.4) is 0 Å². The molecule has 0 aliphatic carbocycles. The predicted octanol–water partition coefficient (Wildman–Crippen LogP) is 0.882. The Kier molecular flexibility index (Phi) is 4.11. The second-order valence-electron chi connectivity index (χ2n) is 3.37. The normalized spacial score (nSPS) is 10.7. The lowest BCUT2D eigenvalue weighted by molar-refractivity contribution is 0.311. The van der Waals surface area contributed by atoms with Crippen LogP contribution in [0.15, 0.2) is 11.0 Å². The van der Waals surface area contributed by atoms with Gasteiger partial charge in [-0.1, -0.05) is 11.6 Å². The Balaban J connectivity index is 3.05. The van der Waals surface area contributed by atoms with Crippen molar-refractivity contribution in [1.29, 1.82) is 0 Å². The number of hydrogen-bond acceptors (Lipinski definition) is 4. The van der Waals surface area contributed by atoms with E-state index < -0.39 is 0 Å². The molecule has 0 bridgehead atoms. The number of aliphatic hydroxyl groups is 1. The van der Waals surface area contributed by atoms with Crippen molar-refractivity contribution >= 4 is 17.3 Å². The van der Waals surface area contributed by atoms with Crippen LogP contribution in [0.4, 0.5) is 5.69 Å². The van der Waals surface area contributed by atoms with Crippen molar-refractivity contribution in [1.82, 2.24) is 9.78 Å². The van der Waals surface area contributed by atoms with Crippen LogP contribution in [0.25, 0.3) is 0 Å². The van der Waals surface area contributed by atoms with E-state index >= 15 is 0 Å². The standard InChI is InChI=1S/C9H14ClN3O2/c1-6(2)13-9(15)8(10)7(5-12-13)11-3-4-14/h5-6,11,14H,3-4H2,1-2H3. The summed E-state index contributed by atoms with van der Waals surface area (Å²) in [5.74, 6) is 0. The van der Waals surface area contributed by atoms with E-state index in [0.717, 1.165) is 0 Å². The van der Waals surface area contributed by atoms with E-state index in [1.54, 1.807) is 0 Å². The van der Waals surface area contributed by atoms with Crippen molar-refractivity contribution in [3.63, 3.8) is 0 Å². The predicted molar refractivity (Wildman–Crippen MR) is 59.5 cm³/mol. The molecule has 0 spiro atoms. The average Bonchev–Trinajstić information content (AvgIpc) is 2.20. The minimum Gasteiger partial charge on any atom is -0.395 e. The maximum atomic E-state index is 11.7. The zero-order valence-corrected chi connectivity index (χ0v) is 9.45. The van der Waals surface area contributed by atoms with Gasteiger partial charge in [0.1, 0.15) is 5.02 Å². The molecule has 0 amide bonds. The molecule has 0 saturated carbocycles. The number of aliphatic hydroxyl groups excluding tert-OH is 1. The lowest BCUT2D eigenvalue weighted by Crippen LogP contribution is -2.26. The molecule has 0 atom stereocenters. The van der Waals surface area contributed by atoms with E-state index in [9.17, 15) is 4.79 Å². The number of nitrogens with zero attached hydrogens (tertiary/aromatic N) is 2. The molecule has 6 heteroatoms. The third-order valence-corrected chi connectivity index (χ3v) is 2.23. The smallest absolute Gasteiger partial charge is 0.287 e. The van der Waals surface area contributed by atoms with Gasteiger partial charge < -0.3 is 10.4 Å². The van der Waals surface area contributed by atoms with Crippen LogP contribution < -0.4 is 10.9 Å². The van der Waals surface area contributed by atoms with E-state index in [2.05, 4.69) is 10.4 Å². The van der Waals surface area contributed by atoms with Gasteiger partial charge in [-0.05, 0) is 13.8 Å². The minimum absolute atomic E-state index is 0.0242. The number of rotatable bonds is 4. The topological polar surface area (TPSA) is 67.2 Å². The monoisotopic (exact) mass is 231 g/mol. The molecule has 1 aromatic heterocycles. The van der Waals surface area contributed by atoms with E-state index in [4.69, 9.17) is 16.7 Å². The van der Waals surface area contributed by atoms with Crippen LogP contribution in [0, 0.1) is 0 Å². The molecule has 15 heavy (non-hydrogen) atoms. The molecular formula is C9H14ClN3O2. The third kappa shape index (κ3) is 2.70. The summed E-state index contributed by atoms with van der Waals surface area (Å²) in [7, 11) is 0. The Bertz CT molecular complexity index is 389. The quantitative estimate of drug-likeness (QED) is 0.808. The van der Waals surface area contributed by atoms with Crippen molar-refractivity contribution in [3.05, 3.63) is 21.6 Å². The van der Waals surface area contributed by atoms with E-state index in [-0.39, 0.29) is 23.2 Å². The van der Waals surface area contributed by atoms with Crippen LogP contribution in [0.1, 0.15) is 19.9 Å². The van der Waals surface area contributed by atoms with Crippen LogP contribution >= 0.6 is 11.6 Å². The van der Waals surface area contributed by atoms with Crippen LogP contribution in [-0.4, -0.2) is 28.0 Å². The van der Waals surface area contributed by atoms with Gasteiger partial charge in [-0.15, -0.1) is 0 Å². The molecule has 1 heterocycles. The van der Waals surface area contributed by atoms with Gasteiger partial charge in [0.25, 0.3) is 5.56 Å². The van der Waals surface area contributed by atoms with Gasteiger partial charge in [-0.2, -0.15) is 5.10 Å². The van der Waals surface area contributed by atoms with Gasteiger partial charge in [-0.3, -0.25) is 4.79 Å². The first kappa shape index (κ1) is 12.0. The lowest BCUT2D eigenvalue weighted by atomic mass is 10.4. The fraction of sp³-hybridized carbons (Fsp3) is 0.556. The summed E-state index contributed by atoms with van der Waals surface area (Å²) in [5.41, 5.74) is 0.127. The van der Waals surface area contributed by atoms with E-state index in [1.165, 1.54) is 10.9 Å². The zero-order valence-electron chi connectivity index (χ0n) is 8.70. The maximum Gasteiger partial charge on any atom is 0.287 e. The molecule has 1 rings (SSSR count).